The third-order valence-corrected chi connectivity index (χ3v) is 5.67. The van der Waals surface area contributed by atoms with Crippen molar-refractivity contribution in [3.05, 3.63) is 65.7 Å². The summed E-state index contributed by atoms with van der Waals surface area (Å²) in [7, 11) is 0. The van der Waals surface area contributed by atoms with Gasteiger partial charge < -0.3 is 14.2 Å². The van der Waals surface area contributed by atoms with Crippen molar-refractivity contribution in [3.8, 4) is 11.5 Å². The summed E-state index contributed by atoms with van der Waals surface area (Å²) in [5.41, 5.74) is 3.16. The van der Waals surface area contributed by atoms with Crippen molar-refractivity contribution >= 4 is 11.9 Å². The average molecular weight is 436 g/mol. The number of unbranched alkanes of at least 4 members (excludes halogenated alkanes) is 6. The zero-order valence-electron chi connectivity index (χ0n) is 19.6. The molecule has 0 aliphatic carbocycles. The standard InChI is InChI=1S/C28H37NO3/c1-3-4-5-6-7-8-9-19-31-26-16-12-25(13-17-26)29-21-24-10-14-27(15-11-24)32-28-22-30-20-18-23(28)2/h10-18,21,28H,3-9,19-20,22H2,1-2H3. The Morgan fingerprint density at radius 2 is 1.59 bits per heavy atom. The molecule has 0 bridgehead atoms. The first-order chi connectivity index (χ1) is 15.7. The van der Waals surface area contributed by atoms with Crippen molar-refractivity contribution in [2.45, 2.75) is 64.9 Å². The summed E-state index contributed by atoms with van der Waals surface area (Å²) in [6, 6.07) is 16.0. The van der Waals surface area contributed by atoms with Crippen molar-refractivity contribution < 1.29 is 14.2 Å². The Hall–Kier alpha value is -2.59. The minimum atomic E-state index is -0.00482. The second-order valence-corrected chi connectivity index (χ2v) is 8.38. The maximum Gasteiger partial charge on any atom is 0.143 e. The second-order valence-electron chi connectivity index (χ2n) is 8.38. The SMILES string of the molecule is CCCCCCCCCOc1ccc(N=Cc2ccc(OC3COCC=C3C)cc2)cc1. The molecule has 32 heavy (non-hydrogen) atoms. The molecule has 1 atom stereocenters. The van der Waals surface area contributed by atoms with Crippen LogP contribution in [0.4, 0.5) is 5.69 Å². The van der Waals surface area contributed by atoms with Crippen molar-refractivity contribution in [2.24, 2.45) is 4.99 Å². The fourth-order valence-corrected chi connectivity index (χ4v) is 3.58. The molecule has 0 amide bonds. The summed E-state index contributed by atoms with van der Waals surface area (Å²) in [6.07, 6.45) is 13.0. The minimum absolute atomic E-state index is 0.00482. The quantitative estimate of drug-likeness (QED) is 0.188. The lowest BCUT2D eigenvalue weighted by atomic mass is 10.1. The summed E-state index contributed by atoms with van der Waals surface area (Å²) in [4.78, 5) is 4.57. The lowest BCUT2D eigenvalue weighted by molar-refractivity contribution is 0.0681. The minimum Gasteiger partial charge on any atom is -0.494 e. The van der Waals surface area contributed by atoms with E-state index in [1.54, 1.807) is 0 Å². The van der Waals surface area contributed by atoms with E-state index in [9.17, 15) is 0 Å². The Morgan fingerprint density at radius 3 is 2.31 bits per heavy atom. The van der Waals surface area contributed by atoms with Gasteiger partial charge in [-0.05, 0) is 73.0 Å². The Kier molecular flexibility index (Phi) is 10.3. The van der Waals surface area contributed by atoms with E-state index < -0.39 is 0 Å². The van der Waals surface area contributed by atoms with E-state index in [1.165, 1.54) is 44.1 Å². The molecular formula is C28H37NO3. The van der Waals surface area contributed by atoms with Crippen LogP contribution in [0.3, 0.4) is 0 Å². The maximum absolute atomic E-state index is 6.02. The number of aliphatic imine (C=N–C) groups is 1. The number of rotatable bonds is 13. The molecule has 1 aliphatic rings. The third-order valence-electron chi connectivity index (χ3n) is 5.67. The van der Waals surface area contributed by atoms with Crippen molar-refractivity contribution in [3.63, 3.8) is 0 Å². The predicted molar refractivity (Wildman–Crippen MR) is 133 cm³/mol. The summed E-state index contributed by atoms with van der Waals surface area (Å²) < 4.78 is 17.3. The highest BCUT2D eigenvalue weighted by Crippen LogP contribution is 2.21. The Bertz CT molecular complexity index is 840. The predicted octanol–water partition coefficient (Wildman–Crippen LogP) is 7.29. The Labute approximate surface area is 193 Å². The molecule has 3 rings (SSSR count). The van der Waals surface area contributed by atoms with Gasteiger partial charge in [0.1, 0.15) is 17.6 Å². The van der Waals surface area contributed by atoms with Crippen LogP contribution in [0.2, 0.25) is 0 Å². The molecule has 0 fully saturated rings. The molecule has 0 spiro atoms. The van der Waals surface area contributed by atoms with E-state index in [2.05, 4.69) is 24.9 Å². The van der Waals surface area contributed by atoms with Gasteiger partial charge in [0.25, 0.3) is 0 Å². The molecule has 4 heteroatoms. The lowest BCUT2D eigenvalue weighted by Crippen LogP contribution is -2.28. The van der Waals surface area contributed by atoms with Gasteiger partial charge in [0.15, 0.2) is 0 Å². The molecule has 4 nitrogen and oxygen atoms in total. The fraction of sp³-hybridized carbons (Fsp3) is 0.464. The van der Waals surface area contributed by atoms with Gasteiger partial charge >= 0.3 is 0 Å². The molecule has 1 aliphatic heterocycles. The van der Waals surface area contributed by atoms with Crippen LogP contribution in [0.1, 0.15) is 64.4 Å². The van der Waals surface area contributed by atoms with Crippen molar-refractivity contribution in [2.75, 3.05) is 19.8 Å². The monoisotopic (exact) mass is 435 g/mol. The van der Waals surface area contributed by atoms with Crippen LogP contribution in [0.5, 0.6) is 11.5 Å². The zero-order valence-corrected chi connectivity index (χ0v) is 19.6. The second kappa shape index (κ2) is 13.7. The summed E-state index contributed by atoms with van der Waals surface area (Å²) in [5.74, 6) is 1.75. The van der Waals surface area contributed by atoms with Gasteiger partial charge in [0.2, 0.25) is 0 Å². The largest absolute Gasteiger partial charge is 0.494 e. The van der Waals surface area contributed by atoms with Crippen LogP contribution >= 0.6 is 0 Å². The smallest absolute Gasteiger partial charge is 0.143 e. The number of hydrogen-bond acceptors (Lipinski definition) is 4. The van der Waals surface area contributed by atoms with Gasteiger partial charge in [-0.3, -0.25) is 4.99 Å². The molecule has 1 unspecified atom stereocenters. The molecular weight excluding hydrogens is 398 g/mol. The van der Waals surface area contributed by atoms with Crippen molar-refractivity contribution in [1.82, 2.24) is 0 Å². The first kappa shape index (κ1) is 24.1. The van der Waals surface area contributed by atoms with Gasteiger partial charge in [0, 0.05) is 6.21 Å². The number of hydrogen-bond donors (Lipinski definition) is 0. The first-order valence-electron chi connectivity index (χ1n) is 12.0. The van der Waals surface area contributed by atoms with E-state index in [0.29, 0.717) is 13.2 Å². The number of ether oxygens (including phenoxy) is 3. The third kappa shape index (κ3) is 8.51. The first-order valence-corrected chi connectivity index (χ1v) is 12.0. The molecule has 0 aromatic heterocycles. The number of benzene rings is 2. The van der Waals surface area contributed by atoms with Gasteiger partial charge in [-0.2, -0.15) is 0 Å². The summed E-state index contributed by atoms with van der Waals surface area (Å²) >= 11 is 0. The van der Waals surface area contributed by atoms with Crippen LogP contribution in [0.15, 0.2) is 65.2 Å². The van der Waals surface area contributed by atoms with Crippen LogP contribution in [0, 0.1) is 0 Å². The van der Waals surface area contributed by atoms with Crippen LogP contribution < -0.4 is 9.47 Å². The van der Waals surface area contributed by atoms with Crippen molar-refractivity contribution in [1.29, 1.82) is 0 Å². The van der Waals surface area contributed by atoms with E-state index in [0.717, 1.165) is 35.8 Å². The summed E-state index contributed by atoms with van der Waals surface area (Å²) in [6.45, 7) is 6.40. The normalized spacial score (nSPS) is 16.2. The molecule has 0 N–H and O–H groups in total. The molecule has 0 radical (unpaired) electrons. The average Bonchev–Trinajstić information content (AvgIpc) is 2.82. The number of nitrogens with zero attached hydrogens (tertiary/aromatic N) is 1. The lowest BCUT2D eigenvalue weighted by Gasteiger charge is -2.23. The van der Waals surface area contributed by atoms with Crippen LogP contribution in [-0.2, 0) is 4.74 Å². The summed E-state index contributed by atoms with van der Waals surface area (Å²) in [5, 5.41) is 0. The highest BCUT2D eigenvalue weighted by atomic mass is 16.5. The molecule has 2 aromatic carbocycles. The van der Waals surface area contributed by atoms with E-state index in [4.69, 9.17) is 14.2 Å². The molecule has 1 heterocycles. The molecule has 0 saturated carbocycles. The van der Waals surface area contributed by atoms with E-state index in [1.807, 2.05) is 54.7 Å². The van der Waals surface area contributed by atoms with Gasteiger partial charge in [-0.1, -0.05) is 51.5 Å². The van der Waals surface area contributed by atoms with Crippen LogP contribution in [0.25, 0.3) is 0 Å². The van der Waals surface area contributed by atoms with E-state index in [-0.39, 0.29) is 6.10 Å². The Morgan fingerprint density at radius 1 is 0.906 bits per heavy atom. The molecule has 2 aromatic rings. The molecule has 0 saturated heterocycles. The van der Waals surface area contributed by atoms with Gasteiger partial charge in [-0.15, -0.1) is 0 Å². The van der Waals surface area contributed by atoms with Gasteiger partial charge in [-0.25, -0.2) is 0 Å². The highest BCUT2D eigenvalue weighted by Gasteiger charge is 2.16. The van der Waals surface area contributed by atoms with E-state index >= 15 is 0 Å². The highest BCUT2D eigenvalue weighted by molar-refractivity contribution is 5.82. The maximum atomic E-state index is 6.02. The molecule has 172 valence electrons. The van der Waals surface area contributed by atoms with Gasteiger partial charge in [0.05, 0.1) is 25.5 Å². The fourth-order valence-electron chi connectivity index (χ4n) is 3.58. The topological polar surface area (TPSA) is 40.0 Å². The Balaban J connectivity index is 1.38. The zero-order chi connectivity index (χ0) is 22.4. The van der Waals surface area contributed by atoms with Crippen LogP contribution in [-0.4, -0.2) is 32.1 Å².